The lowest BCUT2D eigenvalue weighted by molar-refractivity contribution is 0.415. The van der Waals surface area contributed by atoms with E-state index in [0.717, 1.165) is 45.4 Å². The Balaban J connectivity index is 1.47. The van der Waals surface area contributed by atoms with Crippen molar-refractivity contribution < 1.29 is 4.74 Å². The number of aryl methyl sites for hydroxylation is 1. The van der Waals surface area contributed by atoms with Crippen LogP contribution in [0.2, 0.25) is 10.0 Å². The number of aromatic nitrogens is 2. The Morgan fingerprint density at radius 1 is 0.854 bits per heavy atom. The maximum atomic E-state index is 6.47. The Hall–Kier alpha value is -4.59. The summed E-state index contributed by atoms with van der Waals surface area (Å²) in [5.41, 5.74) is 6.42. The molecule has 0 radical (unpaired) electrons. The monoisotopic (exact) mass is 578 g/mol. The highest BCUT2D eigenvalue weighted by atomic mass is 35.5. The summed E-state index contributed by atoms with van der Waals surface area (Å²) in [6.45, 7) is 2.03. The maximum absolute atomic E-state index is 6.47. The van der Waals surface area contributed by atoms with Crippen molar-refractivity contribution >= 4 is 57.8 Å². The van der Waals surface area contributed by atoms with Crippen molar-refractivity contribution in [1.29, 1.82) is 0 Å². The number of methoxy groups -OCH3 is 1. The number of aliphatic imine (C=N–C) groups is 2. The first-order valence-corrected chi connectivity index (χ1v) is 13.8. The van der Waals surface area contributed by atoms with Crippen LogP contribution in [0.3, 0.4) is 0 Å². The van der Waals surface area contributed by atoms with Gasteiger partial charge in [-0.2, -0.15) is 5.10 Å². The number of fused-ring (bicyclic) bond motifs is 4. The van der Waals surface area contributed by atoms with Crippen LogP contribution in [0.1, 0.15) is 22.9 Å². The predicted molar refractivity (Wildman–Crippen MR) is 166 cm³/mol. The van der Waals surface area contributed by atoms with Gasteiger partial charge in [0.2, 0.25) is 0 Å². The topological polar surface area (TPSA) is 67.0 Å². The third-order valence-electron chi connectivity index (χ3n) is 7.24. The van der Waals surface area contributed by atoms with Gasteiger partial charge in [0.25, 0.3) is 0 Å². The van der Waals surface area contributed by atoms with Crippen LogP contribution < -0.4 is 15.0 Å². The molecule has 7 rings (SSSR count). The number of nitrogens with one attached hydrogen (secondary N) is 1. The molecule has 5 aromatic rings. The van der Waals surface area contributed by atoms with Crippen molar-refractivity contribution in [2.45, 2.75) is 13.0 Å². The highest BCUT2D eigenvalue weighted by molar-refractivity contribution is 6.51. The van der Waals surface area contributed by atoms with E-state index in [1.54, 1.807) is 7.11 Å². The molecular formula is C32H24Cl2N6O. The Morgan fingerprint density at radius 2 is 1.61 bits per heavy atom. The molecule has 202 valence electrons. The number of anilines is 2. The molecule has 1 aromatic heterocycles. The minimum atomic E-state index is -0.236. The molecule has 2 aliphatic heterocycles. The summed E-state index contributed by atoms with van der Waals surface area (Å²) in [5.74, 6) is 2.61. The number of nitrogens with zero attached hydrogens (tertiary/aromatic N) is 5. The fourth-order valence-corrected chi connectivity index (χ4v) is 5.77. The lowest BCUT2D eigenvalue weighted by Crippen LogP contribution is -2.46. The molecule has 0 amide bonds. The normalized spacial score (nSPS) is 15.3. The molecule has 1 N–H and O–H groups in total. The van der Waals surface area contributed by atoms with Gasteiger partial charge >= 0.3 is 0 Å². The molecule has 0 fully saturated rings. The van der Waals surface area contributed by atoms with Crippen LogP contribution in [-0.4, -0.2) is 28.6 Å². The van der Waals surface area contributed by atoms with E-state index in [9.17, 15) is 0 Å². The molecule has 4 aromatic carbocycles. The third-order valence-corrected chi connectivity index (χ3v) is 7.79. The second kappa shape index (κ2) is 10.1. The predicted octanol–water partition coefficient (Wildman–Crippen LogP) is 8.29. The van der Waals surface area contributed by atoms with Crippen LogP contribution in [0.5, 0.6) is 5.75 Å². The first-order valence-electron chi connectivity index (χ1n) is 13.1. The second-order valence-electron chi connectivity index (χ2n) is 9.75. The van der Waals surface area contributed by atoms with E-state index in [1.165, 1.54) is 0 Å². The maximum Gasteiger partial charge on any atom is 0.179 e. The molecule has 0 aliphatic carbocycles. The van der Waals surface area contributed by atoms with E-state index in [-0.39, 0.29) is 6.04 Å². The van der Waals surface area contributed by atoms with Gasteiger partial charge in [0.05, 0.1) is 40.9 Å². The van der Waals surface area contributed by atoms with Crippen molar-refractivity contribution in [3.63, 3.8) is 0 Å². The van der Waals surface area contributed by atoms with Crippen LogP contribution in [0.15, 0.2) is 107 Å². The third kappa shape index (κ3) is 4.34. The molecule has 1 unspecified atom stereocenters. The Bertz CT molecular complexity index is 1850. The summed E-state index contributed by atoms with van der Waals surface area (Å²) in [6.07, 6.45) is 0. The van der Waals surface area contributed by atoms with E-state index >= 15 is 0 Å². The molecule has 0 bridgehead atoms. The Labute approximate surface area is 247 Å². The zero-order valence-corrected chi connectivity index (χ0v) is 23.7. The molecule has 9 heteroatoms. The highest BCUT2D eigenvalue weighted by Gasteiger charge is 2.41. The van der Waals surface area contributed by atoms with Gasteiger partial charge in [-0.15, -0.1) is 0 Å². The number of hydrogen-bond donors (Lipinski definition) is 1. The van der Waals surface area contributed by atoms with Gasteiger partial charge in [-0.1, -0.05) is 65.7 Å². The second-order valence-corrected chi connectivity index (χ2v) is 10.6. The first-order chi connectivity index (χ1) is 20.0. The fraction of sp³-hybridized carbons (Fsp3) is 0.0938. The standard InChI is InChI=1S/C32H24Cl2N6O/c1-19-28-29(20-12-14-21(33)15-13-20)39-26-11-7-6-10-25(26)36-30(35-22-16-17-27(41-2)24(34)18-22)32(39)37-31(28)40(38-19)23-8-4-3-5-9-23/h3-18,29H,1-2H3,(H,35,36). The molecule has 1 atom stereocenters. The van der Waals surface area contributed by atoms with Crippen molar-refractivity contribution in [3.05, 3.63) is 124 Å². The first kappa shape index (κ1) is 25.4. The number of para-hydroxylation sites is 3. The number of ether oxygens (including phenoxy) is 1. The summed E-state index contributed by atoms with van der Waals surface area (Å²) in [4.78, 5) is 12.5. The van der Waals surface area contributed by atoms with E-state index in [1.807, 2.05) is 90.5 Å². The van der Waals surface area contributed by atoms with Gasteiger partial charge < -0.3 is 15.0 Å². The minimum Gasteiger partial charge on any atom is -0.495 e. The van der Waals surface area contributed by atoms with Gasteiger partial charge in [0.1, 0.15) is 5.75 Å². The summed E-state index contributed by atoms with van der Waals surface area (Å²) in [7, 11) is 1.59. The zero-order valence-electron chi connectivity index (χ0n) is 22.2. The van der Waals surface area contributed by atoms with Gasteiger partial charge in [0.15, 0.2) is 17.5 Å². The van der Waals surface area contributed by atoms with Crippen molar-refractivity contribution in [3.8, 4) is 11.4 Å². The summed E-state index contributed by atoms with van der Waals surface area (Å²) < 4.78 is 7.25. The molecule has 2 aliphatic rings. The average molecular weight is 579 g/mol. The number of hydrogen-bond acceptors (Lipinski definition) is 6. The minimum absolute atomic E-state index is 0.236. The Kier molecular flexibility index (Phi) is 6.26. The number of amidine groups is 2. The lowest BCUT2D eigenvalue weighted by Gasteiger charge is -2.40. The van der Waals surface area contributed by atoms with Gasteiger partial charge in [-0.05, 0) is 67.1 Å². The zero-order chi connectivity index (χ0) is 28.1. The smallest absolute Gasteiger partial charge is 0.179 e. The molecule has 0 saturated carbocycles. The van der Waals surface area contributed by atoms with E-state index in [4.69, 9.17) is 43.0 Å². The van der Waals surface area contributed by atoms with Crippen LogP contribution in [0, 0.1) is 6.92 Å². The van der Waals surface area contributed by atoms with Crippen LogP contribution in [-0.2, 0) is 0 Å². The molecule has 0 spiro atoms. The molecule has 7 nitrogen and oxygen atoms in total. The van der Waals surface area contributed by atoms with Crippen LogP contribution in [0.25, 0.3) is 5.69 Å². The quantitative estimate of drug-likeness (QED) is 0.233. The summed E-state index contributed by atoms with van der Waals surface area (Å²) >= 11 is 12.8. The SMILES string of the molecule is COc1ccc(NC2=Nc3ccccc3N3C2=Nc2c(c(C)nn2-c2ccccc2)C3c2ccc(Cl)cc2)cc1Cl. The van der Waals surface area contributed by atoms with Crippen molar-refractivity contribution in [2.24, 2.45) is 9.98 Å². The van der Waals surface area contributed by atoms with Crippen LogP contribution >= 0.6 is 23.2 Å². The largest absolute Gasteiger partial charge is 0.495 e. The number of benzene rings is 4. The lowest BCUT2D eigenvalue weighted by atomic mass is 9.93. The molecule has 3 heterocycles. The van der Waals surface area contributed by atoms with Gasteiger partial charge in [-0.25, -0.2) is 14.7 Å². The van der Waals surface area contributed by atoms with E-state index in [0.29, 0.717) is 27.5 Å². The van der Waals surface area contributed by atoms with Crippen molar-refractivity contribution in [1.82, 2.24) is 9.78 Å². The number of rotatable bonds is 4. The average Bonchev–Trinajstić information content (AvgIpc) is 3.33. The van der Waals surface area contributed by atoms with Crippen molar-refractivity contribution in [2.75, 3.05) is 17.3 Å². The molecular weight excluding hydrogens is 555 g/mol. The summed E-state index contributed by atoms with van der Waals surface area (Å²) in [6, 6.07) is 31.4. The fourth-order valence-electron chi connectivity index (χ4n) is 5.39. The van der Waals surface area contributed by atoms with E-state index in [2.05, 4.69) is 28.4 Å². The molecule has 0 saturated heterocycles. The summed E-state index contributed by atoms with van der Waals surface area (Å²) in [5, 5.41) is 9.62. The van der Waals surface area contributed by atoms with Crippen LogP contribution in [0.4, 0.5) is 22.9 Å². The Morgan fingerprint density at radius 3 is 2.37 bits per heavy atom. The van der Waals surface area contributed by atoms with Gasteiger partial charge in [-0.3, -0.25) is 0 Å². The van der Waals surface area contributed by atoms with E-state index < -0.39 is 0 Å². The molecule has 41 heavy (non-hydrogen) atoms. The number of halogens is 2. The van der Waals surface area contributed by atoms with Gasteiger partial charge in [0, 0.05) is 16.3 Å². The highest BCUT2D eigenvalue weighted by Crippen LogP contribution is 2.48.